The zero-order valence-corrected chi connectivity index (χ0v) is 16.9. The Bertz CT molecular complexity index is 1100. The van der Waals surface area contributed by atoms with Crippen molar-refractivity contribution in [2.45, 2.75) is 41.0 Å². The van der Waals surface area contributed by atoms with Crippen molar-refractivity contribution in [3.05, 3.63) is 59.4 Å². The van der Waals surface area contributed by atoms with Gasteiger partial charge >= 0.3 is 0 Å². The lowest BCUT2D eigenvalue weighted by Crippen LogP contribution is -2.08. The number of benzene rings is 2. The Kier molecular flexibility index (Phi) is 4.07. The highest BCUT2D eigenvalue weighted by Crippen LogP contribution is 2.40. The fraction of sp³-hybridized carbons (Fsp3) is 0.304. The molecular weight excluding hydrogens is 336 g/mol. The van der Waals surface area contributed by atoms with Crippen LogP contribution >= 0.6 is 11.3 Å². The van der Waals surface area contributed by atoms with Crippen molar-refractivity contribution in [3.8, 4) is 11.3 Å². The minimum absolute atomic E-state index is 0.257. The van der Waals surface area contributed by atoms with E-state index in [4.69, 9.17) is 0 Å². The summed E-state index contributed by atoms with van der Waals surface area (Å²) in [7, 11) is 0. The quantitative estimate of drug-likeness (QED) is 0.397. The zero-order chi connectivity index (χ0) is 18.5. The summed E-state index contributed by atoms with van der Waals surface area (Å²) in [6, 6.07) is 13.2. The highest BCUT2D eigenvalue weighted by Gasteiger charge is 2.18. The van der Waals surface area contributed by atoms with Gasteiger partial charge in [0.05, 0.1) is 15.9 Å². The van der Waals surface area contributed by atoms with Crippen LogP contribution in [0.3, 0.4) is 0 Å². The first-order valence-corrected chi connectivity index (χ1v) is 9.87. The molecule has 2 aromatic heterocycles. The molecule has 0 radical (unpaired) electrons. The molecule has 132 valence electrons. The van der Waals surface area contributed by atoms with Crippen LogP contribution < -0.4 is 0 Å². The Morgan fingerprint density at radius 2 is 1.65 bits per heavy atom. The first kappa shape index (κ1) is 17.2. The summed E-state index contributed by atoms with van der Waals surface area (Å²) in [4.78, 5) is 9.30. The van der Waals surface area contributed by atoms with Gasteiger partial charge in [0.1, 0.15) is 6.33 Å². The molecule has 4 aromatic rings. The summed E-state index contributed by atoms with van der Waals surface area (Å²) in [6.07, 6.45) is 2.77. The molecule has 4 rings (SSSR count). The normalized spacial score (nSPS) is 12.2. The smallest absolute Gasteiger partial charge is 0.116 e. The number of fused-ring (bicyclic) bond motifs is 3. The van der Waals surface area contributed by atoms with Gasteiger partial charge in [-0.1, -0.05) is 56.2 Å². The maximum absolute atomic E-state index is 4.66. The first-order chi connectivity index (χ1) is 12.3. The molecule has 2 heterocycles. The van der Waals surface area contributed by atoms with E-state index in [1.807, 2.05) is 11.3 Å². The Balaban J connectivity index is 2.00. The van der Waals surface area contributed by atoms with Crippen molar-refractivity contribution in [1.82, 2.24) is 9.97 Å². The molecule has 2 aromatic carbocycles. The number of nitrogens with zero attached hydrogens (tertiary/aromatic N) is 2. The van der Waals surface area contributed by atoms with Gasteiger partial charge in [0, 0.05) is 15.6 Å². The topological polar surface area (TPSA) is 25.8 Å². The minimum Gasteiger partial charge on any atom is -0.235 e. The number of thiophene rings is 1. The third kappa shape index (κ3) is 3.12. The average Bonchev–Trinajstić information content (AvgIpc) is 2.92. The molecule has 0 aliphatic carbocycles. The van der Waals surface area contributed by atoms with Gasteiger partial charge in [-0.3, -0.25) is 0 Å². The summed E-state index contributed by atoms with van der Waals surface area (Å²) >= 11 is 1.84. The number of rotatable bonds is 2. The summed E-state index contributed by atoms with van der Waals surface area (Å²) in [5, 5.41) is 1.25. The van der Waals surface area contributed by atoms with E-state index in [0.29, 0.717) is 0 Å². The van der Waals surface area contributed by atoms with E-state index in [9.17, 15) is 0 Å². The molecule has 0 spiro atoms. The number of hydrogen-bond acceptors (Lipinski definition) is 3. The van der Waals surface area contributed by atoms with Crippen molar-refractivity contribution in [2.24, 2.45) is 5.41 Å². The van der Waals surface area contributed by atoms with Gasteiger partial charge in [-0.25, -0.2) is 9.97 Å². The van der Waals surface area contributed by atoms with E-state index >= 15 is 0 Å². The fourth-order valence-electron chi connectivity index (χ4n) is 3.68. The number of aromatic nitrogens is 2. The predicted molar refractivity (Wildman–Crippen MR) is 113 cm³/mol. The third-order valence-corrected chi connectivity index (χ3v) is 5.85. The largest absolute Gasteiger partial charge is 0.235 e. The fourth-order valence-corrected chi connectivity index (χ4v) is 4.96. The van der Waals surface area contributed by atoms with Crippen molar-refractivity contribution >= 4 is 31.6 Å². The predicted octanol–water partition coefficient (Wildman–Crippen LogP) is 6.72. The van der Waals surface area contributed by atoms with E-state index in [0.717, 1.165) is 17.6 Å². The van der Waals surface area contributed by atoms with Crippen LogP contribution in [0.4, 0.5) is 0 Å². The maximum Gasteiger partial charge on any atom is 0.116 e. The standard InChI is InChI=1S/C23H24N2S/c1-14-9-15(2)11-17(10-14)19-22-20(25-13-24-19)18-8-6-7-16(21(18)26-22)12-23(3,4)5/h6-11,13H,12H2,1-5H3. The molecule has 0 amide bonds. The Labute approximate surface area is 158 Å². The molecule has 0 saturated carbocycles. The second-order valence-electron chi connectivity index (χ2n) is 8.41. The third-order valence-electron chi connectivity index (χ3n) is 4.58. The van der Waals surface area contributed by atoms with Crippen LogP contribution in [0.25, 0.3) is 31.6 Å². The van der Waals surface area contributed by atoms with E-state index in [1.54, 1.807) is 6.33 Å². The van der Waals surface area contributed by atoms with Gasteiger partial charge in [0.25, 0.3) is 0 Å². The Hall–Kier alpha value is -2.26. The highest BCUT2D eigenvalue weighted by atomic mass is 32.1. The van der Waals surface area contributed by atoms with Crippen LogP contribution in [0.1, 0.15) is 37.5 Å². The van der Waals surface area contributed by atoms with Crippen LogP contribution in [0, 0.1) is 19.3 Å². The SMILES string of the molecule is Cc1cc(C)cc(-c2ncnc3c2sc2c(CC(C)(C)C)cccc23)c1. The molecular formula is C23H24N2S. The molecule has 0 N–H and O–H groups in total. The molecule has 26 heavy (non-hydrogen) atoms. The molecule has 0 fully saturated rings. The minimum atomic E-state index is 0.257. The molecule has 2 nitrogen and oxygen atoms in total. The van der Waals surface area contributed by atoms with Crippen LogP contribution in [-0.2, 0) is 6.42 Å². The lowest BCUT2D eigenvalue weighted by Gasteiger charge is -2.18. The van der Waals surface area contributed by atoms with Crippen molar-refractivity contribution < 1.29 is 0 Å². The molecule has 0 atom stereocenters. The molecule has 0 aliphatic heterocycles. The van der Waals surface area contributed by atoms with Crippen molar-refractivity contribution in [3.63, 3.8) is 0 Å². The van der Waals surface area contributed by atoms with Gasteiger partial charge in [-0.2, -0.15) is 0 Å². The van der Waals surface area contributed by atoms with E-state index in [-0.39, 0.29) is 5.41 Å². The van der Waals surface area contributed by atoms with Crippen LogP contribution in [0.2, 0.25) is 0 Å². The van der Waals surface area contributed by atoms with E-state index in [1.165, 1.54) is 37.0 Å². The van der Waals surface area contributed by atoms with Crippen molar-refractivity contribution in [2.75, 3.05) is 0 Å². The monoisotopic (exact) mass is 360 g/mol. The van der Waals surface area contributed by atoms with Gasteiger partial charge in [-0.05, 0) is 43.4 Å². The first-order valence-electron chi connectivity index (χ1n) is 9.06. The lowest BCUT2D eigenvalue weighted by atomic mass is 9.88. The van der Waals surface area contributed by atoms with Gasteiger partial charge < -0.3 is 0 Å². The molecule has 0 saturated heterocycles. The molecule has 0 aliphatic rings. The lowest BCUT2D eigenvalue weighted by molar-refractivity contribution is 0.413. The Morgan fingerprint density at radius 3 is 2.35 bits per heavy atom. The van der Waals surface area contributed by atoms with Gasteiger partial charge in [0.15, 0.2) is 0 Å². The van der Waals surface area contributed by atoms with Crippen LogP contribution in [0.15, 0.2) is 42.7 Å². The average molecular weight is 361 g/mol. The second-order valence-corrected chi connectivity index (χ2v) is 9.43. The zero-order valence-electron chi connectivity index (χ0n) is 16.1. The number of hydrogen-bond donors (Lipinski definition) is 0. The molecule has 0 bridgehead atoms. The van der Waals surface area contributed by atoms with Crippen LogP contribution in [0.5, 0.6) is 0 Å². The van der Waals surface area contributed by atoms with E-state index < -0.39 is 0 Å². The van der Waals surface area contributed by atoms with E-state index in [2.05, 4.69) is 81.0 Å². The molecule has 0 unspecified atom stereocenters. The van der Waals surface area contributed by atoms with Gasteiger partial charge in [0.2, 0.25) is 0 Å². The number of aryl methyl sites for hydroxylation is 2. The molecule has 3 heteroatoms. The Morgan fingerprint density at radius 1 is 0.923 bits per heavy atom. The summed E-state index contributed by atoms with van der Waals surface area (Å²) in [5.41, 5.74) is 7.49. The van der Waals surface area contributed by atoms with Crippen LogP contribution in [-0.4, -0.2) is 9.97 Å². The maximum atomic E-state index is 4.66. The van der Waals surface area contributed by atoms with Crippen molar-refractivity contribution in [1.29, 1.82) is 0 Å². The summed E-state index contributed by atoms with van der Waals surface area (Å²) in [5.74, 6) is 0. The van der Waals surface area contributed by atoms with Gasteiger partial charge in [-0.15, -0.1) is 11.3 Å². The highest BCUT2D eigenvalue weighted by molar-refractivity contribution is 7.26. The summed E-state index contributed by atoms with van der Waals surface area (Å²) in [6.45, 7) is 11.2. The second kappa shape index (κ2) is 6.17. The summed E-state index contributed by atoms with van der Waals surface area (Å²) < 4.78 is 2.54.